The van der Waals surface area contributed by atoms with Crippen molar-refractivity contribution in [2.45, 2.75) is 39.5 Å². The van der Waals surface area contributed by atoms with E-state index in [0.717, 1.165) is 6.42 Å². The molecule has 0 fully saturated rings. The van der Waals surface area contributed by atoms with Crippen LogP contribution >= 0.6 is 0 Å². The number of aliphatic hydroxyl groups excluding tert-OH is 1. The van der Waals surface area contributed by atoms with Gasteiger partial charge in [0, 0.05) is 12.5 Å². The lowest BCUT2D eigenvalue weighted by Gasteiger charge is -2.11. The van der Waals surface area contributed by atoms with Crippen LogP contribution in [0.25, 0.3) is 0 Å². The molecule has 0 spiro atoms. The standard InChI is InChI=1S/C13H20O/c1-4-5-12-6-10(2)7-13(8-12)11(3)9-14/h6-8,11,14H,4-5,9H2,1-3H3. The monoisotopic (exact) mass is 192 g/mol. The van der Waals surface area contributed by atoms with Crippen LogP contribution in [0.5, 0.6) is 0 Å². The number of aryl methyl sites for hydroxylation is 2. The summed E-state index contributed by atoms with van der Waals surface area (Å²) in [6.07, 6.45) is 2.31. The minimum atomic E-state index is 0.231. The van der Waals surface area contributed by atoms with Gasteiger partial charge in [-0.2, -0.15) is 0 Å². The van der Waals surface area contributed by atoms with Crippen LogP contribution in [-0.4, -0.2) is 11.7 Å². The molecule has 0 aliphatic heterocycles. The van der Waals surface area contributed by atoms with Crippen molar-refractivity contribution in [2.75, 3.05) is 6.61 Å². The summed E-state index contributed by atoms with van der Waals surface area (Å²) in [5.41, 5.74) is 3.95. The smallest absolute Gasteiger partial charge is 0.0497 e. The van der Waals surface area contributed by atoms with Crippen LogP contribution in [0.2, 0.25) is 0 Å². The van der Waals surface area contributed by atoms with E-state index in [9.17, 15) is 0 Å². The molecule has 0 aliphatic carbocycles. The van der Waals surface area contributed by atoms with E-state index in [4.69, 9.17) is 5.11 Å². The van der Waals surface area contributed by atoms with Crippen molar-refractivity contribution < 1.29 is 5.11 Å². The van der Waals surface area contributed by atoms with Gasteiger partial charge < -0.3 is 5.11 Å². The first-order valence-electron chi connectivity index (χ1n) is 5.38. The van der Waals surface area contributed by atoms with Crippen LogP contribution in [0.1, 0.15) is 42.9 Å². The normalized spacial score (nSPS) is 12.9. The number of benzene rings is 1. The van der Waals surface area contributed by atoms with Crippen LogP contribution in [0.3, 0.4) is 0 Å². The summed E-state index contributed by atoms with van der Waals surface area (Å²) in [6, 6.07) is 6.62. The first-order chi connectivity index (χ1) is 6.67. The molecule has 0 saturated carbocycles. The molecule has 1 aromatic carbocycles. The fraction of sp³-hybridized carbons (Fsp3) is 0.538. The topological polar surface area (TPSA) is 20.2 Å². The highest BCUT2D eigenvalue weighted by Crippen LogP contribution is 2.19. The van der Waals surface area contributed by atoms with Crippen molar-refractivity contribution >= 4 is 0 Å². The van der Waals surface area contributed by atoms with Gasteiger partial charge >= 0.3 is 0 Å². The molecular weight excluding hydrogens is 172 g/mol. The van der Waals surface area contributed by atoms with Crippen LogP contribution < -0.4 is 0 Å². The molecule has 0 saturated heterocycles. The third-order valence-corrected chi connectivity index (χ3v) is 2.54. The summed E-state index contributed by atoms with van der Waals surface area (Å²) in [5, 5.41) is 9.10. The van der Waals surface area contributed by atoms with E-state index in [2.05, 4.69) is 39.0 Å². The summed E-state index contributed by atoms with van der Waals surface area (Å²) in [7, 11) is 0. The number of rotatable bonds is 4. The van der Waals surface area contributed by atoms with Gasteiger partial charge in [0.15, 0.2) is 0 Å². The maximum absolute atomic E-state index is 9.10. The second kappa shape index (κ2) is 5.16. The Hall–Kier alpha value is -0.820. The third-order valence-electron chi connectivity index (χ3n) is 2.54. The Labute approximate surface area is 86.8 Å². The van der Waals surface area contributed by atoms with E-state index in [-0.39, 0.29) is 12.5 Å². The van der Waals surface area contributed by atoms with Gasteiger partial charge in [0.2, 0.25) is 0 Å². The molecule has 1 N–H and O–H groups in total. The molecule has 1 nitrogen and oxygen atoms in total. The predicted molar refractivity (Wildman–Crippen MR) is 60.7 cm³/mol. The lowest BCUT2D eigenvalue weighted by molar-refractivity contribution is 0.273. The molecule has 1 unspecified atom stereocenters. The first kappa shape index (κ1) is 11.3. The van der Waals surface area contributed by atoms with E-state index in [1.807, 2.05) is 0 Å². The predicted octanol–water partition coefficient (Wildman–Crippen LogP) is 3.04. The zero-order chi connectivity index (χ0) is 10.6. The summed E-state index contributed by atoms with van der Waals surface area (Å²) in [6.45, 7) is 6.60. The Morgan fingerprint density at radius 3 is 2.57 bits per heavy atom. The van der Waals surface area contributed by atoms with Crippen LogP contribution in [0.4, 0.5) is 0 Å². The Balaban J connectivity index is 2.94. The molecule has 78 valence electrons. The lowest BCUT2D eigenvalue weighted by atomic mass is 9.96. The maximum Gasteiger partial charge on any atom is 0.0497 e. The van der Waals surface area contributed by atoms with Crippen LogP contribution in [0, 0.1) is 6.92 Å². The molecule has 1 heteroatoms. The summed E-state index contributed by atoms with van der Waals surface area (Å²) >= 11 is 0. The van der Waals surface area contributed by atoms with Crippen LogP contribution in [-0.2, 0) is 6.42 Å². The molecule has 0 bridgehead atoms. The SMILES string of the molecule is CCCc1cc(C)cc(C(C)CO)c1. The van der Waals surface area contributed by atoms with Gasteiger partial charge in [-0.25, -0.2) is 0 Å². The molecule has 1 rings (SSSR count). The fourth-order valence-electron chi connectivity index (χ4n) is 1.72. The zero-order valence-electron chi connectivity index (χ0n) is 9.38. The van der Waals surface area contributed by atoms with E-state index in [1.54, 1.807) is 0 Å². The van der Waals surface area contributed by atoms with Gasteiger partial charge in [-0.1, -0.05) is 44.0 Å². The second-order valence-corrected chi connectivity index (χ2v) is 4.09. The minimum Gasteiger partial charge on any atom is -0.396 e. The van der Waals surface area contributed by atoms with E-state index in [1.165, 1.54) is 23.1 Å². The van der Waals surface area contributed by atoms with Gasteiger partial charge in [-0.15, -0.1) is 0 Å². The average Bonchev–Trinajstić information content (AvgIpc) is 2.16. The van der Waals surface area contributed by atoms with Gasteiger partial charge in [0.05, 0.1) is 0 Å². The quantitative estimate of drug-likeness (QED) is 0.777. The first-order valence-corrected chi connectivity index (χ1v) is 5.38. The molecule has 0 amide bonds. The van der Waals surface area contributed by atoms with Gasteiger partial charge in [0.25, 0.3) is 0 Å². The molecule has 0 radical (unpaired) electrons. The fourth-order valence-corrected chi connectivity index (χ4v) is 1.72. The molecule has 0 heterocycles. The van der Waals surface area contributed by atoms with Crippen molar-refractivity contribution in [3.63, 3.8) is 0 Å². The van der Waals surface area contributed by atoms with Gasteiger partial charge in [-0.3, -0.25) is 0 Å². The van der Waals surface area contributed by atoms with Gasteiger partial charge in [0.1, 0.15) is 0 Å². The Morgan fingerprint density at radius 1 is 1.29 bits per heavy atom. The van der Waals surface area contributed by atoms with Crippen molar-refractivity contribution in [3.8, 4) is 0 Å². The second-order valence-electron chi connectivity index (χ2n) is 4.09. The third kappa shape index (κ3) is 2.85. The Bertz CT molecular complexity index is 291. The largest absolute Gasteiger partial charge is 0.396 e. The van der Waals surface area contributed by atoms with Crippen molar-refractivity contribution in [1.82, 2.24) is 0 Å². The number of aliphatic hydroxyl groups is 1. The number of hydrogen-bond acceptors (Lipinski definition) is 1. The average molecular weight is 192 g/mol. The molecule has 1 atom stereocenters. The maximum atomic E-state index is 9.10. The highest BCUT2D eigenvalue weighted by Gasteiger charge is 2.05. The van der Waals surface area contributed by atoms with Gasteiger partial charge in [-0.05, 0) is 24.5 Å². The van der Waals surface area contributed by atoms with Crippen molar-refractivity contribution in [1.29, 1.82) is 0 Å². The zero-order valence-corrected chi connectivity index (χ0v) is 9.38. The summed E-state index contributed by atoms with van der Waals surface area (Å²) in [5.74, 6) is 0.255. The molecule has 0 aliphatic rings. The molecule has 14 heavy (non-hydrogen) atoms. The number of hydrogen-bond donors (Lipinski definition) is 1. The van der Waals surface area contributed by atoms with Crippen molar-refractivity contribution in [3.05, 3.63) is 34.9 Å². The molecule has 0 aromatic heterocycles. The Kier molecular flexibility index (Phi) is 4.15. The highest BCUT2D eigenvalue weighted by atomic mass is 16.3. The lowest BCUT2D eigenvalue weighted by Crippen LogP contribution is -2.00. The summed E-state index contributed by atoms with van der Waals surface area (Å²) in [4.78, 5) is 0. The highest BCUT2D eigenvalue weighted by molar-refractivity contribution is 5.31. The molecule has 1 aromatic rings. The van der Waals surface area contributed by atoms with E-state index < -0.39 is 0 Å². The van der Waals surface area contributed by atoms with E-state index in [0.29, 0.717) is 0 Å². The minimum absolute atomic E-state index is 0.231. The Morgan fingerprint density at radius 2 is 2.00 bits per heavy atom. The van der Waals surface area contributed by atoms with Crippen molar-refractivity contribution in [2.24, 2.45) is 0 Å². The molecular formula is C13H20O. The van der Waals surface area contributed by atoms with Crippen LogP contribution in [0.15, 0.2) is 18.2 Å². The van der Waals surface area contributed by atoms with E-state index >= 15 is 0 Å². The summed E-state index contributed by atoms with van der Waals surface area (Å²) < 4.78 is 0.